The van der Waals surface area contributed by atoms with Crippen LogP contribution in [0.25, 0.3) is 0 Å². The Hall–Kier alpha value is -0.170. The lowest BCUT2D eigenvalue weighted by atomic mass is 10.00. The van der Waals surface area contributed by atoms with E-state index in [4.69, 9.17) is 4.55 Å². The molecule has 1 atom stereocenters. The van der Waals surface area contributed by atoms with Crippen molar-refractivity contribution in [2.24, 2.45) is 5.92 Å². The fourth-order valence-electron chi connectivity index (χ4n) is 4.02. The molecule has 1 unspecified atom stereocenters. The fraction of sp³-hybridized carbons (Fsp3) is 1.00. The van der Waals surface area contributed by atoms with Crippen molar-refractivity contribution >= 4 is 10.4 Å². The molecule has 1 aliphatic heterocycles. The summed E-state index contributed by atoms with van der Waals surface area (Å²) < 4.78 is 29.7. The Morgan fingerprint density at radius 1 is 0.862 bits per heavy atom. The van der Waals surface area contributed by atoms with Crippen LogP contribution in [0.1, 0.15) is 117 Å². The van der Waals surface area contributed by atoms with Crippen LogP contribution in [0.2, 0.25) is 0 Å². The third-order valence-corrected chi connectivity index (χ3v) is 6.20. The summed E-state index contributed by atoms with van der Waals surface area (Å²) in [6.45, 7) is 8.80. The Labute approximate surface area is 181 Å². The second kappa shape index (κ2) is 19.8. The van der Waals surface area contributed by atoms with Crippen LogP contribution >= 0.6 is 0 Å². The molecule has 1 saturated heterocycles. The summed E-state index contributed by atoms with van der Waals surface area (Å²) >= 11 is 0. The molecule has 6 heteroatoms. The van der Waals surface area contributed by atoms with Crippen LogP contribution < -0.4 is 0 Å². The molecule has 0 aromatic rings. The third kappa shape index (κ3) is 22.3. The number of unbranched alkanes of at least 4 members (excludes halogenated alkanes) is 13. The van der Waals surface area contributed by atoms with Gasteiger partial charge in [0.2, 0.25) is 0 Å². The van der Waals surface area contributed by atoms with E-state index in [0.717, 1.165) is 13.0 Å². The van der Waals surface area contributed by atoms with E-state index in [1.165, 1.54) is 122 Å². The molecule has 1 aliphatic rings. The average Bonchev–Trinajstić information content (AvgIpc) is 2.68. The molecule has 0 aliphatic carbocycles. The van der Waals surface area contributed by atoms with Gasteiger partial charge in [-0.05, 0) is 38.3 Å². The number of likely N-dealkylation sites (tertiary alicyclic amines) is 1. The second-order valence-corrected chi connectivity index (χ2v) is 9.93. The first kappa shape index (κ1) is 28.8. The van der Waals surface area contributed by atoms with Crippen molar-refractivity contribution in [3.05, 3.63) is 0 Å². The van der Waals surface area contributed by atoms with Gasteiger partial charge in [-0.2, -0.15) is 8.42 Å². The molecule has 1 fully saturated rings. The predicted octanol–water partition coefficient (Wildman–Crippen LogP) is 6.64. The van der Waals surface area contributed by atoms with Crippen LogP contribution in [0.4, 0.5) is 0 Å². The first-order valence-corrected chi connectivity index (χ1v) is 13.5. The Balaban J connectivity index is 0.00000113. The lowest BCUT2D eigenvalue weighted by molar-refractivity contribution is 0.180. The molecular weight excluding hydrogens is 386 g/mol. The normalized spacial score (nSPS) is 17.7. The molecule has 5 nitrogen and oxygen atoms in total. The number of nitrogens with zero attached hydrogens (tertiary/aromatic N) is 1. The van der Waals surface area contributed by atoms with Crippen molar-refractivity contribution in [3.8, 4) is 0 Å². The van der Waals surface area contributed by atoms with Gasteiger partial charge < -0.3 is 4.90 Å². The number of hydrogen-bond acceptors (Lipinski definition) is 4. The van der Waals surface area contributed by atoms with Gasteiger partial charge in [-0.1, -0.05) is 97.3 Å². The largest absolute Gasteiger partial charge is 0.397 e. The van der Waals surface area contributed by atoms with Crippen molar-refractivity contribution in [3.63, 3.8) is 0 Å². The summed E-state index contributed by atoms with van der Waals surface area (Å²) in [4.78, 5) is 2.70. The molecule has 1 rings (SSSR count). The van der Waals surface area contributed by atoms with E-state index in [2.05, 4.69) is 22.9 Å². The van der Waals surface area contributed by atoms with Gasteiger partial charge >= 0.3 is 10.4 Å². The minimum absolute atomic E-state index is 0.870. The molecule has 0 aromatic heterocycles. The molecule has 0 aromatic carbocycles. The molecule has 176 valence electrons. The van der Waals surface area contributed by atoms with E-state index in [0.29, 0.717) is 0 Å². The monoisotopic (exact) mass is 435 g/mol. The zero-order chi connectivity index (χ0) is 21.8. The molecular formula is C23H49NO4S. The standard InChI is InChI=1S/C22H45N.CH4O4S/c1-3-4-5-6-7-8-9-10-11-12-13-14-15-16-19-23-20-17-18-22(2)21-23;1-5-6(2,3)4/h22H,3-21H2,1-2H3;1H3,(H,2,3,4). The summed E-state index contributed by atoms with van der Waals surface area (Å²) in [6, 6.07) is 0. The molecule has 29 heavy (non-hydrogen) atoms. The van der Waals surface area contributed by atoms with Crippen LogP contribution in [-0.2, 0) is 14.6 Å². The SMILES string of the molecule is CCCCCCCCCCCCCCCCN1CCCC(C)C1.COS(=O)(=O)O. The van der Waals surface area contributed by atoms with Crippen LogP contribution in [0.5, 0.6) is 0 Å². The maximum atomic E-state index is 9.33. The van der Waals surface area contributed by atoms with Crippen molar-refractivity contribution in [2.45, 2.75) is 117 Å². The van der Waals surface area contributed by atoms with Gasteiger partial charge in [-0.15, -0.1) is 0 Å². The Kier molecular flexibility index (Phi) is 19.7. The van der Waals surface area contributed by atoms with Gasteiger partial charge in [0.1, 0.15) is 0 Å². The Morgan fingerprint density at radius 2 is 1.28 bits per heavy atom. The molecule has 0 bridgehead atoms. The molecule has 0 radical (unpaired) electrons. The summed E-state index contributed by atoms with van der Waals surface area (Å²) in [5.74, 6) is 0.940. The zero-order valence-electron chi connectivity index (χ0n) is 19.5. The first-order chi connectivity index (χ1) is 13.9. The van der Waals surface area contributed by atoms with Crippen LogP contribution in [0, 0.1) is 5.92 Å². The lowest BCUT2D eigenvalue weighted by Gasteiger charge is -2.30. The predicted molar refractivity (Wildman–Crippen MR) is 124 cm³/mol. The van der Waals surface area contributed by atoms with E-state index in [1.807, 2.05) is 0 Å². The van der Waals surface area contributed by atoms with Crippen molar-refractivity contribution in [1.82, 2.24) is 4.90 Å². The van der Waals surface area contributed by atoms with Gasteiger partial charge in [-0.3, -0.25) is 8.74 Å². The number of hydrogen-bond donors (Lipinski definition) is 1. The van der Waals surface area contributed by atoms with E-state index in [1.54, 1.807) is 0 Å². The maximum absolute atomic E-state index is 9.33. The van der Waals surface area contributed by atoms with Crippen molar-refractivity contribution < 1.29 is 17.2 Å². The topological polar surface area (TPSA) is 66.8 Å². The first-order valence-electron chi connectivity index (χ1n) is 12.1. The zero-order valence-corrected chi connectivity index (χ0v) is 20.4. The van der Waals surface area contributed by atoms with E-state index < -0.39 is 10.4 Å². The smallest absolute Gasteiger partial charge is 0.303 e. The highest BCUT2D eigenvalue weighted by atomic mass is 32.3. The van der Waals surface area contributed by atoms with Crippen molar-refractivity contribution in [2.75, 3.05) is 26.7 Å². The summed E-state index contributed by atoms with van der Waals surface area (Å²) in [5, 5.41) is 0. The third-order valence-electron chi connectivity index (χ3n) is 5.78. The molecule has 0 spiro atoms. The number of rotatable bonds is 16. The van der Waals surface area contributed by atoms with Gasteiger partial charge in [0, 0.05) is 6.54 Å². The minimum atomic E-state index is -4.16. The molecule has 0 amide bonds. The second-order valence-electron chi connectivity index (χ2n) is 8.74. The van der Waals surface area contributed by atoms with Gasteiger partial charge in [0.15, 0.2) is 0 Å². The maximum Gasteiger partial charge on any atom is 0.397 e. The van der Waals surface area contributed by atoms with Gasteiger partial charge in [0.05, 0.1) is 7.11 Å². The summed E-state index contributed by atoms with van der Waals surface area (Å²) in [5.41, 5.74) is 0. The quantitative estimate of drug-likeness (QED) is 0.217. The molecule has 1 N–H and O–H groups in total. The molecule has 0 saturated carbocycles. The fourth-order valence-corrected chi connectivity index (χ4v) is 4.02. The van der Waals surface area contributed by atoms with E-state index in [9.17, 15) is 8.42 Å². The van der Waals surface area contributed by atoms with E-state index in [-0.39, 0.29) is 0 Å². The van der Waals surface area contributed by atoms with Gasteiger partial charge in [0.25, 0.3) is 0 Å². The van der Waals surface area contributed by atoms with Gasteiger partial charge in [-0.25, -0.2) is 0 Å². The van der Waals surface area contributed by atoms with Crippen LogP contribution in [0.3, 0.4) is 0 Å². The summed E-state index contributed by atoms with van der Waals surface area (Å²) in [7, 11) is -3.29. The highest BCUT2D eigenvalue weighted by Gasteiger charge is 2.15. The van der Waals surface area contributed by atoms with Crippen LogP contribution in [0.15, 0.2) is 0 Å². The minimum Gasteiger partial charge on any atom is -0.303 e. The highest BCUT2D eigenvalue weighted by molar-refractivity contribution is 7.80. The van der Waals surface area contributed by atoms with Crippen LogP contribution in [-0.4, -0.2) is 44.6 Å². The Bertz CT molecular complexity index is 442. The molecule has 1 heterocycles. The Morgan fingerprint density at radius 3 is 1.66 bits per heavy atom. The average molecular weight is 436 g/mol. The van der Waals surface area contributed by atoms with E-state index >= 15 is 0 Å². The summed E-state index contributed by atoms with van der Waals surface area (Å²) in [6.07, 6.45) is 23.4. The number of piperidine rings is 1. The highest BCUT2D eigenvalue weighted by Crippen LogP contribution is 2.17. The lowest BCUT2D eigenvalue weighted by Crippen LogP contribution is -2.34. The van der Waals surface area contributed by atoms with Crippen molar-refractivity contribution in [1.29, 1.82) is 0 Å².